The van der Waals surface area contributed by atoms with Crippen molar-refractivity contribution in [3.05, 3.63) is 76.9 Å². The van der Waals surface area contributed by atoms with Gasteiger partial charge in [-0.3, -0.25) is 14.5 Å². The minimum absolute atomic E-state index is 0.0660. The molecule has 1 fully saturated rings. The minimum atomic E-state index is -0.845. The third-order valence-electron chi connectivity index (χ3n) is 7.54. The van der Waals surface area contributed by atoms with E-state index in [0.717, 1.165) is 16.7 Å². The summed E-state index contributed by atoms with van der Waals surface area (Å²) in [5.41, 5.74) is 3.92. The third-order valence-corrected chi connectivity index (χ3v) is 7.54. The third kappa shape index (κ3) is 4.88. The number of rotatable bonds is 8. The summed E-state index contributed by atoms with van der Waals surface area (Å²) in [6, 6.07) is 16.0. The summed E-state index contributed by atoms with van der Waals surface area (Å²) in [6.45, 7) is 5.69. The van der Waals surface area contributed by atoms with Crippen LogP contribution in [0.2, 0.25) is 0 Å². The number of phenolic OH excluding ortho intramolecular Hbond substituents is 1. The number of aromatic hydroxyl groups is 1. The zero-order chi connectivity index (χ0) is 26.0. The Morgan fingerprint density at radius 2 is 1.72 bits per heavy atom. The predicted molar refractivity (Wildman–Crippen MR) is 140 cm³/mol. The number of fused-ring (bicyclic) bond motifs is 1. The van der Waals surface area contributed by atoms with Crippen LogP contribution in [-0.2, 0) is 9.59 Å². The molecule has 6 nitrogen and oxygen atoms in total. The number of para-hydroxylation sites is 2. The van der Waals surface area contributed by atoms with Crippen LogP contribution in [-0.4, -0.2) is 39.8 Å². The van der Waals surface area contributed by atoms with Gasteiger partial charge >= 0.3 is 0 Å². The van der Waals surface area contributed by atoms with Gasteiger partial charge in [0.1, 0.15) is 5.75 Å². The van der Waals surface area contributed by atoms with Crippen LogP contribution in [0.5, 0.6) is 5.75 Å². The van der Waals surface area contributed by atoms with Crippen molar-refractivity contribution in [1.29, 1.82) is 0 Å². The molecule has 3 N–H and O–H groups in total. The van der Waals surface area contributed by atoms with Gasteiger partial charge in [0.2, 0.25) is 11.8 Å². The highest BCUT2D eigenvalue weighted by Crippen LogP contribution is 2.48. The first-order chi connectivity index (χ1) is 17.2. The Morgan fingerprint density at radius 3 is 2.36 bits per heavy atom. The lowest BCUT2D eigenvalue weighted by atomic mass is 9.66. The van der Waals surface area contributed by atoms with Gasteiger partial charge in [-0.2, -0.15) is 0 Å². The van der Waals surface area contributed by atoms with Crippen molar-refractivity contribution >= 4 is 23.6 Å². The van der Waals surface area contributed by atoms with Crippen molar-refractivity contribution in [2.24, 2.45) is 23.7 Å². The Balaban J connectivity index is 1.60. The molecule has 0 radical (unpaired) electrons. The van der Waals surface area contributed by atoms with Gasteiger partial charge in [0.15, 0.2) is 0 Å². The Labute approximate surface area is 212 Å². The SMILES string of the molecule is C/C(=C\c1ccccc1O)CC[C@@H](O)C1=C(C(C)C)C[C@H]2C(=O)N(c3ccccc3)C(=O)[C@H]2[C@H]1CO. The fourth-order valence-corrected chi connectivity index (χ4v) is 5.74. The summed E-state index contributed by atoms with van der Waals surface area (Å²) in [5, 5.41) is 31.9. The van der Waals surface area contributed by atoms with Crippen LogP contribution in [0.15, 0.2) is 71.3 Å². The fourth-order valence-electron chi connectivity index (χ4n) is 5.74. The number of aliphatic hydroxyl groups excluding tert-OH is 2. The first kappa shape index (κ1) is 25.9. The molecule has 36 heavy (non-hydrogen) atoms. The highest BCUT2D eigenvalue weighted by molar-refractivity contribution is 6.22. The lowest BCUT2D eigenvalue weighted by molar-refractivity contribution is -0.123. The van der Waals surface area contributed by atoms with Crippen LogP contribution >= 0.6 is 0 Å². The number of phenols is 1. The Hall–Kier alpha value is -3.22. The zero-order valence-electron chi connectivity index (χ0n) is 21.1. The average molecular weight is 490 g/mol. The molecular formula is C30H35NO5. The first-order valence-corrected chi connectivity index (χ1v) is 12.6. The molecule has 1 aliphatic heterocycles. The second-order valence-electron chi connectivity index (χ2n) is 10.2. The van der Waals surface area contributed by atoms with Crippen LogP contribution in [0, 0.1) is 23.7 Å². The average Bonchev–Trinajstić information content (AvgIpc) is 3.12. The van der Waals surface area contributed by atoms with Crippen LogP contribution < -0.4 is 4.90 Å². The molecule has 4 atom stereocenters. The van der Waals surface area contributed by atoms with Crippen LogP contribution in [0.4, 0.5) is 5.69 Å². The van der Waals surface area contributed by atoms with E-state index in [9.17, 15) is 24.9 Å². The second kappa shape index (κ2) is 10.8. The monoisotopic (exact) mass is 489 g/mol. The number of anilines is 1. The topological polar surface area (TPSA) is 98.1 Å². The summed E-state index contributed by atoms with van der Waals surface area (Å²) in [5.74, 6) is -2.10. The summed E-state index contributed by atoms with van der Waals surface area (Å²) < 4.78 is 0. The number of hydrogen-bond donors (Lipinski definition) is 3. The molecule has 0 saturated carbocycles. The molecular weight excluding hydrogens is 454 g/mol. The van der Waals surface area contributed by atoms with Crippen LogP contribution in [0.25, 0.3) is 6.08 Å². The molecule has 1 heterocycles. The van der Waals surface area contributed by atoms with E-state index >= 15 is 0 Å². The van der Waals surface area contributed by atoms with E-state index in [2.05, 4.69) is 0 Å². The molecule has 0 bridgehead atoms. The summed E-state index contributed by atoms with van der Waals surface area (Å²) in [6.07, 6.45) is 2.46. The van der Waals surface area contributed by atoms with Gasteiger partial charge in [-0.1, -0.05) is 67.5 Å². The lowest BCUT2D eigenvalue weighted by Crippen LogP contribution is -2.39. The van der Waals surface area contributed by atoms with Crippen molar-refractivity contribution in [2.75, 3.05) is 11.5 Å². The number of nitrogens with zero attached hydrogens (tertiary/aromatic N) is 1. The highest BCUT2D eigenvalue weighted by atomic mass is 16.3. The van der Waals surface area contributed by atoms with Gasteiger partial charge < -0.3 is 15.3 Å². The van der Waals surface area contributed by atoms with Gasteiger partial charge in [0.25, 0.3) is 0 Å². The van der Waals surface area contributed by atoms with E-state index in [4.69, 9.17) is 0 Å². The van der Waals surface area contributed by atoms with E-state index in [1.807, 2.05) is 45.0 Å². The number of aliphatic hydroxyl groups is 2. The van der Waals surface area contributed by atoms with E-state index in [0.29, 0.717) is 30.5 Å². The quantitative estimate of drug-likeness (QED) is 0.369. The number of allylic oxidation sites excluding steroid dienone is 2. The van der Waals surface area contributed by atoms with Crippen LogP contribution in [0.3, 0.4) is 0 Å². The smallest absolute Gasteiger partial charge is 0.238 e. The molecule has 1 aliphatic carbocycles. The molecule has 2 aromatic rings. The molecule has 0 spiro atoms. The van der Waals surface area contributed by atoms with Gasteiger partial charge in [-0.15, -0.1) is 0 Å². The summed E-state index contributed by atoms with van der Waals surface area (Å²) >= 11 is 0. The standard InChI is InChI=1S/C30H35NO5/c1-18(2)22-16-23-28(30(36)31(29(23)35)21-10-5-4-6-11-21)24(17-32)27(22)26(34)14-13-19(3)15-20-9-7-8-12-25(20)33/h4-12,15,18,23-24,26,28,32-34H,13-14,16-17H2,1-3H3/b19-15+/t23-,24+,26-,28-/m1/s1. The Kier molecular flexibility index (Phi) is 7.76. The summed E-state index contributed by atoms with van der Waals surface area (Å²) in [4.78, 5) is 28.2. The van der Waals surface area contributed by atoms with Crippen molar-refractivity contribution in [3.63, 3.8) is 0 Å². The highest BCUT2D eigenvalue weighted by Gasteiger charge is 2.55. The van der Waals surface area contributed by atoms with Gasteiger partial charge in [-0.05, 0) is 55.9 Å². The van der Waals surface area contributed by atoms with E-state index in [1.165, 1.54) is 4.90 Å². The molecule has 0 aromatic heterocycles. The van der Waals surface area contributed by atoms with E-state index in [1.54, 1.807) is 36.4 Å². The molecule has 1 saturated heterocycles. The largest absolute Gasteiger partial charge is 0.507 e. The van der Waals surface area contributed by atoms with Crippen molar-refractivity contribution in [1.82, 2.24) is 0 Å². The van der Waals surface area contributed by atoms with E-state index in [-0.39, 0.29) is 30.1 Å². The fraction of sp³-hybridized carbons (Fsp3) is 0.400. The molecule has 4 rings (SSSR count). The number of imide groups is 1. The lowest BCUT2D eigenvalue weighted by Gasteiger charge is -2.38. The molecule has 6 heteroatoms. The normalized spacial score (nSPS) is 23.4. The van der Waals surface area contributed by atoms with Crippen molar-refractivity contribution < 1.29 is 24.9 Å². The molecule has 0 unspecified atom stereocenters. The Morgan fingerprint density at radius 1 is 1.06 bits per heavy atom. The minimum Gasteiger partial charge on any atom is -0.507 e. The maximum atomic E-state index is 13.5. The molecule has 2 aromatic carbocycles. The number of carbonyl (C=O) groups is 2. The summed E-state index contributed by atoms with van der Waals surface area (Å²) in [7, 11) is 0. The predicted octanol–water partition coefficient (Wildman–Crippen LogP) is 4.71. The first-order valence-electron chi connectivity index (χ1n) is 12.6. The van der Waals surface area contributed by atoms with Gasteiger partial charge in [-0.25, -0.2) is 0 Å². The number of hydrogen-bond acceptors (Lipinski definition) is 5. The maximum Gasteiger partial charge on any atom is 0.238 e. The second-order valence-corrected chi connectivity index (χ2v) is 10.2. The number of amides is 2. The van der Waals surface area contributed by atoms with Crippen molar-refractivity contribution in [2.45, 2.75) is 46.1 Å². The maximum absolute atomic E-state index is 13.5. The van der Waals surface area contributed by atoms with Gasteiger partial charge in [0, 0.05) is 11.5 Å². The number of benzene rings is 2. The van der Waals surface area contributed by atoms with E-state index < -0.39 is 23.9 Å². The Bertz CT molecular complexity index is 1180. The molecule has 2 amide bonds. The zero-order valence-corrected chi connectivity index (χ0v) is 21.1. The van der Waals surface area contributed by atoms with Crippen LogP contribution in [0.1, 0.15) is 45.6 Å². The van der Waals surface area contributed by atoms with Gasteiger partial charge in [0.05, 0.1) is 30.2 Å². The molecule has 190 valence electrons. The van der Waals surface area contributed by atoms with Crippen molar-refractivity contribution in [3.8, 4) is 5.75 Å². The molecule has 2 aliphatic rings. The number of carbonyl (C=O) groups excluding carboxylic acids is 2.